The van der Waals surface area contributed by atoms with Crippen molar-refractivity contribution < 1.29 is 15.0 Å². The van der Waals surface area contributed by atoms with Crippen LogP contribution in [-0.4, -0.2) is 28.8 Å². The lowest BCUT2D eigenvalue weighted by molar-refractivity contribution is -0.131. The molecule has 0 rings (SSSR count). The molecule has 0 radical (unpaired) electrons. The van der Waals surface area contributed by atoms with E-state index in [1.807, 2.05) is 0 Å². The van der Waals surface area contributed by atoms with Gasteiger partial charge in [-0.3, -0.25) is 0 Å². The van der Waals surface area contributed by atoms with E-state index in [-0.39, 0.29) is 6.10 Å². The number of aliphatic hydroxyl groups excluding tert-OH is 1. The summed E-state index contributed by atoms with van der Waals surface area (Å²) in [7, 11) is 0. The van der Waals surface area contributed by atoms with E-state index in [1.54, 1.807) is 6.92 Å². The molecule has 0 aliphatic rings. The van der Waals surface area contributed by atoms with Crippen molar-refractivity contribution in [2.75, 3.05) is 6.54 Å². The van der Waals surface area contributed by atoms with Crippen molar-refractivity contribution in [1.29, 1.82) is 0 Å². The fraction of sp³-hybridized carbons (Fsp3) is 0.625. The van der Waals surface area contributed by atoms with Gasteiger partial charge in [-0.1, -0.05) is 0 Å². The molecule has 4 nitrogen and oxygen atoms in total. The first-order valence-corrected chi connectivity index (χ1v) is 3.94. The summed E-state index contributed by atoms with van der Waals surface area (Å²) in [6.07, 6.45) is 3.72. The first kappa shape index (κ1) is 11.0. The summed E-state index contributed by atoms with van der Waals surface area (Å²) >= 11 is 0. The molecule has 0 aromatic rings. The summed E-state index contributed by atoms with van der Waals surface area (Å²) in [5.41, 5.74) is 0. The Morgan fingerprint density at radius 3 is 2.83 bits per heavy atom. The Bertz CT molecular complexity index is 154. The van der Waals surface area contributed by atoms with Crippen molar-refractivity contribution in [2.24, 2.45) is 0 Å². The van der Waals surface area contributed by atoms with Crippen LogP contribution in [0.15, 0.2) is 12.3 Å². The molecule has 1 unspecified atom stereocenters. The first-order valence-electron chi connectivity index (χ1n) is 3.94. The van der Waals surface area contributed by atoms with Gasteiger partial charge in [0, 0.05) is 18.8 Å². The van der Waals surface area contributed by atoms with Crippen LogP contribution >= 0.6 is 0 Å². The van der Waals surface area contributed by atoms with Gasteiger partial charge < -0.3 is 15.5 Å². The summed E-state index contributed by atoms with van der Waals surface area (Å²) in [6.45, 7) is 2.42. The van der Waals surface area contributed by atoms with Gasteiger partial charge in [-0.15, -0.1) is 0 Å². The van der Waals surface area contributed by atoms with Crippen LogP contribution in [0.1, 0.15) is 19.8 Å². The van der Waals surface area contributed by atoms with Gasteiger partial charge in [-0.25, -0.2) is 4.79 Å². The van der Waals surface area contributed by atoms with Gasteiger partial charge in [0.1, 0.15) is 0 Å². The van der Waals surface area contributed by atoms with E-state index in [0.717, 1.165) is 18.9 Å². The lowest BCUT2D eigenvalue weighted by Crippen LogP contribution is -2.10. The predicted molar refractivity (Wildman–Crippen MR) is 45.7 cm³/mol. The molecular weight excluding hydrogens is 158 g/mol. The normalized spacial score (nSPS) is 13.2. The minimum absolute atomic E-state index is 0.282. The molecule has 0 saturated heterocycles. The van der Waals surface area contributed by atoms with Crippen molar-refractivity contribution >= 4 is 5.97 Å². The third-order valence-corrected chi connectivity index (χ3v) is 1.29. The number of rotatable bonds is 6. The van der Waals surface area contributed by atoms with E-state index >= 15 is 0 Å². The van der Waals surface area contributed by atoms with Crippen molar-refractivity contribution in [3.8, 4) is 0 Å². The van der Waals surface area contributed by atoms with E-state index in [1.165, 1.54) is 6.20 Å². The van der Waals surface area contributed by atoms with Gasteiger partial charge >= 0.3 is 5.97 Å². The van der Waals surface area contributed by atoms with Crippen LogP contribution in [0.4, 0.5) is 0 Å². The molecule has 4 heteroatoms. The van der Waals surface area contributed by atoms with Gasteiger partial charge in [-0.05, 0) is 19.8 Å². The summed E-state index contributed by atoms with van der Waals surface area (Å²) in [6, 6.07) is 0. The van der Waals surface area contributed by atoms with Crippen LogP contribution in [0.25, 0.3) is 0 Å². The summed E-state index contributed by atoms with van der Waals surface area (Å²) in [5.74, 6) is -0.960. The summed E-state index contributed by atoms with van der Waals surface area (Å²) < 4.78 is 0. The molecule has 0 fully saturated rings. The molecule has 1 atom stereocenters. The number of carboxylic acids is 1. The molecule has 0 aromatic heterocycles. The number of carbonyl (C=O) groups is 1. The first-order chi connectivity index (χ1) is 5.63. The van der Waals surface area contributed by atoms with Crippen LogP contribution in [0.2, 0.25) is 0 Å². The molecule has 3 N–H and O–H groups in total. The van der Waals surface area contributed by atoms with Gasteiger partial charge in [-0.2, -0.15) is 0 Å². The SMILES string of the molecule is CC(O)CCCN/C=C/C(=O)O. The Hall–Kier alpha value is -1.03. The smallest absolute Gasteiger partial charge is 0.329 e. The van der Waals surface area contributed by atoms with Gasteiger partial charge in [0.15, 0.2) is 0 Å². The van der Waals surface area contributed by atoms with E-state index in [2.05, 4.69) is 5.32 Å². The number of aliphatic hydroxyl groups is 1. The van der Waals surface area contributed by atoms with E-state index in [0.29, 0.717) is 6.54 Å². The molecule has 12 heavy (non-hydrogen) atoms. The maximum atomic E-state index is 9.97. The largest absolute Gasteiger partial charge is 0.478 e. The average Bonchev–Trinajstić information content (AvgIpc) is 1.95. The lowest BCUT2D eigenvalue weighted by atomic mass is 10.2. The molecule has 0 spiro atoms. The van der Waals surface area contributed by atoms with Crippen LogP contribution < -0.4 is 5.32 Å². The Morgan fingerprint density at radius 1 is 1.67 bits per heavy atom. The van der Waals surface area contributed by atoms with E-state index < -0.39 is 5.97 Å². The number of hydrogen-bond donors (Lipinski definition) is 3. The second-order valence-corrected chi connectivity index (χ2v) is 2.62. The van der Waals surface area contributed by atoms with Gasteiger partial charge in [0.05, 0.1) is 6.10 Å². The zero-order chi connectivity index (χ0) is 9.40. The third kappa shape index (κ3) is 8.97. The Labute approximate surface area is 71.9 Å². The lowest BCUT2D eigenvalue weighted by Gasteiger charge is -2.02. The molecule has 0 aliphatic carbocycles. The number of aliphatic carboxylic acids is 1. The molecule has 0 heterocycles. The van der Waals surface area contributed by atoms with Crippen LogP contribution in [0.5, 0.6) is 0 Å². The Morgan fingerprint density at radius 2 is 2.33 bits per heavy atom. The van der Waals surface area contributed by atoms with E-state index in [9.17, 15) is 4.79 Å². The topological polar surface area (TPSA) is 69.6 Å². The highest BCUT2D eigenvalue weighted by atomic mass is 16.4. The molecule has 0 aliphatic heterocycles. The van der Waals surface area contributed by atoms with Crippen molar-refractivity contribution in [1.82, 2.24) is 5.32 Å². The van der Waals surface area contributed by atoms with Gasteiger partial charge in [0.25, 0.3) is 0 Å². The summed E-state index contributed by atoms with van der Waals surface area (Å²) in [4.78, 5) is 9.97. The molecular formula is C8H15NO3. The highest BCUT2D eigenvalue weighted by molar-refractivity contribution is 5.79. The van der Waals surface area contributed by atoms with Crippen LogP contribution in [0, 0.1) is 0 Å². The highest BCUT2D eigenvalue weighted by Gasteiger charge is 1.93. The molecule has 0 amide bonds. The average molecular weight is 173 g/mol. The van der Waals surface area contributed by atoms with E-state index in [4.69, 9.17) is 10.2 Å². The Balaban J connectivity index is 3.16. The number of nitrogens with one attached hydrogen (secondary N) is 1. The second kappa shape index (κ2) is 6.67. The monoisotopic (exact) mass is 173 g/mol. The molecule has 0 bridgehead atoms. The van der Waals surface area contributed by atoms with Crippen molar-refractivity contribution in [3.05, 3.63) is 12.3 Å². The minimum atomic E-state index is -0.960. The van der Waals surface area contributed by atoms with Crippen LogP contribution in [-0.2, 0) is 4.79 Å². The van der Waals surface area contributed by atoms with Crippen molar-refractivity contribution in [2.45, 2.75) is 25.9 Å². The maximum Gasteiger partial charge on any atom is 0.329 e. The highest BCUT2D eigenvalue weighted by Crippen LogP contribution is 1.92. The summed E-state index contributed by atoms with van der Waals surface area (Å²) in [5, 5.41) is 19.8. The fourth-order valence-corrected chi connectivity index (χ4v) is 0.713. The molecule has 70 valence electrons. The zero-order valence-electron chi connectivity index (χ0n) is 7.16. The minimum Gasteiger partial charge on any atom is -0.478 e. The quantitative estimate of drug-likeness (QED) is 0.400. The Kier molecular flexibility index (Phi) is 6.09. The molecule has 0 saturated carbocycles. The van der Waals surface area contributed by atoms with Crippen molar-refractivity contribution in [3.63, 3.8) is 0 Å². The molecule has 0 aromatic carbocycles. The zero-order valence-corrected chi connectivity index (χ0v) is 7.16. The maximum absolute atomic E-state index is 9.97. The van der Waals surface area contributed by atoms with Gasteiger partial charge in [0.2, 0.25) is 0 Å². The number of hydrogen-bond acceptors (Lipinski definition) is 3. The second-order valence-electron chi connectivity index (χ2n) is 2.62. The van der Waals surface area contributed by atoms with Crippen LogP contribution in [0.3, 0.4) is 0 Å². The number of carboxylic acid groups (broad SMARTS) is 1. The third-order valence-electron chi connectivity index (χ3n) is 1.29. The standard InChI is InChI=1S/C8H15NO3/c1-7(10)3-2-5-9-6-4-8(11)12/h4,6-7,9-10H,2-3,5H2,1H3,(H,11,12)/b6-4+. The predicted octanol–water partition coefficient (Wildman–Crippen LogP) is 0.335. The fourth-order valence-electron chi connectivity index (χ4n) is 0.713.